The molecule has 0 spiro atoms. The summed E-state index contributed by atoms with van der Waals surface area (Å²) in [6.07, 6.45) is 4.48. The maximum atomic E-state index is 5.42. The summed E-state index contributed by atoms with van der Waals surface area (Å²) < 4.78 is 16.1. The molecule has 4 heteroatoms. The van der Waals surface area contributed by atoms with Crippen molar-refractivity contribution in [3.05, 3.63) is 17.7 Å². The number of rotatable bonds is 8. The van der Waals surface area contributed by atoms with Crippen molar-refractivity contribution < 1.29 is 14.2 Å². The Kier molecular flexibility index (Phi) is 6.94. The Labute approximate surface area is 118 Å². The molecule has 0 saturated carbocycles. The zero-order valence-electron chi connectivity index (χ0n) is 11.3. The van der Waals surface area contributed by atoms with Gasteiger partial charge in [-0.25, -0.2) is 0 Å². The largest absolute Gasteiger partial charge is 0.496 e. The Hall–Kier alpha value is -0.900. The SMILES string of the molecule is COc1cc(OC)c(CCCCCBr)c(OC)c1. The van der Waals surface area contributed by atoms with E-state index in [1.54, 1.807) is 21.3 Å². The van der Waals surface area contributed by atoms with Crippen LogP contribution < -0.4 is 14.2 Å². The minimum atomic E-state index is 0.757. The maximum Gasteiger partial charge on any atom is 0.129 e. The van der Waals surface area contributed by atoms with Gasteiger partial charge in [-0.15, -0.1) is 0 Å². The van der Waals surface area contributed by atoms with E-state index in [9.17, 15) is 0 Å². The van der Waals surface area contributed by atoms with Gasteiger partial charge in [0, 0.05) is 23.0 Å². The lowest BCUT2D eigenvalue weighted by Gasteiger charge is -2.14. The Morgan fingerprint density at radius 1 is 0.889 bits per heavy atom. The van der Waals surface area contributed by atoms with Gasteiger partial charge in [0.25, 0.3) is 0 Å². The molecular formula is C14H21BrO3. The molecule has 0 bridgehead atoms. The van der Waals surface area contributed by atoms with Crippen LogP contribution in [0.15, 0.2) is 12.1 Å². The normalized spacial score (nSPS) is 10.2. The molecule has 1 aromatic rings. The monoisotopic (exact) mass is 316 g/mol. The van der Waals surface area contributed by atoms with Gasteiger partial charge in [-0.3, -0.25) is 0 Å². The highest BCUT2D eigenvalue weighted by molar-refractivity contribution is 9.09. The summed E-state index contributed by atoms with van der Waals surface area (Å²) in [5, 5.41) is 1.06. The summed E-state index contributed by atoms with van der Waals surface area (Å²) in [5.41, 5.74) is 1.12. The molecule has 1 aromatic carbocycles. The van der Waals surface area contributed by atoms with Gasteiger partial charge in [0.2, 0.25) is 0 Å². The molecule has 18 heavy (non-hydrogen) atoms. The van der Waals surface area contributed by atoms with Crippen LogP contribution in [-0.4, -0.2) is 26.7 Å². The summed E-state index contributed by atoms with van der Waals surface area (Å²) in [6.45, 7) is 0. The van der Waals surface area contributed by atoms with Crippen molar-refractivity contribution in [3.63, 3.8) is 0 Å². The van der Waals surface area contributed by atoms with Crippen LogP contribution >= 0.6 is 15.9 Å². The fraction of sp³-hybridized carbons (Fsp3) is 0.571. The molecule has 0 aliphatic rings. The molecule has 0 aromatic heterocycles. The van der Waals surface area contributed by atoms with Gasteiger partial charge in [0.05, 0.1) is 21.3 Å². The third-order valence-electron chi connectivity index (χ3n) is 2.88. The number of hydrogen-bond donors (Lipinski definition) is 0. The minimum absolute atomic E-state index is 0.757. The van der Waals surface area contributed by atoms with E-state index in [1.165, 1.54) is 12.8 Å². The van der Waals surface area contributed by atoms with E-state index in [0.717, 1.165) is 41.0 Å². The number of hydrogen-bond acceptors (Lipinski definition) is 3. The fourth-order valence-electron chi connectivity index (χ4n) is 1.90. The Balaban J connectivity index is 2.85. The van der Waals surface area contributed by atoms with Crippen LogP contribution in [0.1, 0.15) is 24.8 Å². The van der Waals surface area contributed by atoms with Crippen LogP contribution in [0.4, 0.5) is 0 Å². The highest BCUT2D eigenvalue weighted by atomic mass is 79.9. The zero-order valence-corrected chi connectivity index (χ0v) is 12.9. The number of alkyl halides is 1. The van der Waals surface area contributed by atoms with Crippen molar-refractivity contribution in [1.82, 2.24) is 0 Å². The molecule has 3 nitrogen and oxygen atoms in total. The first-order chi connectivity index (χ1) is 8.76. The first kappa shape index (κ1) is 15.2. The molecule has 0 N–H and O–H groups in total. The predicted molar refractivity (Wildman–Crippen MR) is 77.4 cm³/mol. The van der Waals surface area contributed by atoms with Gasteiger partial charge in [0.15, 0.2) is 0 Å². The number of ether oxygens (including phenoxy) is 3. The predicted octanol–water partition coefficient (Wildman–Crippen LogP) is 3.82. The minimum Gasteiger partial charge on any atom is -0.496 e. The molecule has 0 radical (unpaired) electrons. The lowest BCUT2D eigenvalue weighted by atomic mass is 10.0. The van der Waals surface area contributed by atoms with Gasteiger partial charge in [0.1, 0.15) is 17.2 Å². The number of benzene rings is 1. The van der Waals surface area contributed by atoms with E-state index in [4.69, 9.17) is 14.2 Å². The third-order valence-corrected chi connectivity index (χ3v) is 3.44. The van der Waals surface area contributed by atoms with Crippen molar-refractivity contribution in [2.75, 3.05) is 26.7 Å². The Bertz CT molecular complexity index is 341. The standard InChI is InChI=1S/C14H21BrO3/c1-16-11-9-13(17-2)12(14(10-11)18-3)7-5-4-6-8-15/h9-10H,4-8H2,1-3H3. The molecule has 0 fully saturated rings. The molecule has 0 atom stereocenters. The number of halogens is 1. The first-order valence-corrected chi connectivity index (χ1v) is 7.23. The van der Waals surface area contributed by atoms with E-state index < -0.39 is 0 Å². The van der Waals surface area contributed by atoms with Crippen LogP contribution in [0.2, 0.25) is 0 Å². The summed E-state index contributed by atoms with van der Waals surface area (Å²) in [6, 6.07) is 3.81. The van der Waals surface area contributed by atoms with Gasteiger partial charge in [-0.2, -0.15) is 0 Å². The highest BCUT2D eigenvalue weighted by Gasteiger charge is 2.12. The second-order valence-electron chi connectivity index (χ2n) is 4.01. The topological polar surface area (TPSA) is 27.7 Å². The van der Waals surface area contributed by atoms with E-state index in [1.807, 2.05) is 12.1 Å². The van der Waals surface area contributed by atoms with Crippen LogP contribution in [-0.2, 0) is 6.42 Å². The van der Waals surface area contributed by atoms with Gasteiger partial charge in [-0.05, 0) is 19.3 Å². The lowest BCUT2D eigenvalue weighted by Crippen LogP contribution is -1.99. The van der Waals surface area contributed by atoms with Crippen molar-refractivity contribution >= 4 is 15.9 Å². The van der Waals surface area contributed by atoms with E-state index in [0.29, 0.717) is 0 Å². The van der Waals surface area contributed by atoms with E-state index in [2.05, 4.69) is 15.9 Å². The summed E-state index contributed by atoms with van der Waals surface area (Å²) >= 11 is 3.45. The Morgan fingerprint density at radius 2 is 1.50 bits per heavy atom. The third kappa shape index (κ3) is 4.09. The molecule has 0 unspecified atom stereocenters. The zero-order chi connectivity index (χ0) is 13.4. The number of unbranched alkanes of at least 4 members (excludes halogenated alkanes) is 2. The molecule has 0 saturated heterocycles. The van der Waals surface area contributed by atoms with Crippen molar-refractivity contribution in [2.45, 2.75) is 25.7 Å². The first-order valence-electron chi connectivity index (χ1n) is 6.11. The molecule has 0 aliphatic carbocycles. The van der Waals surface area contributed by atoms with Crippen LogP contribution in [0, 0.1) is 0 Å². The summed E-state index contributed by atoms with van der Waals surface area (Å²) in [7, 11) is 5.00. The molecule has 102 valence electrons. The number of methoxy groups -OCH3 is 3. The summed E-state index contributed by atoms with van der Waals surface area (Å²) in [5.74, 6) is 2.43. The van der Waals surface area contributed by atoms with Crippen molar-refractivity contribution in [2.24, 2.45) is 0 Å². The summed E-state index contributed by atoms with van der Waals surface area (Å²) in [4.78, 5) is 0. The molecule has 1 rings (SSSR count). The van der Waals surface area contributed by atoms with Crippen LogP contribution in [0.25, 0.3) is 0 Å². The van der Waals surface area contributed by atoms with Gasteiger partial charge >= 0.3 is 0 Å². The second-order valence-corrected chi connectivity index (χ2v) is 4.80. The average molecular weight is 317 g/mol. The molecular weight excluding hydrogens is 296 g/mol. The molecule has 0 heterocycles. The van der Waals surface area contributed by atoms with Crippen LogP contribution in [0.5, 0.6) is 17.2 Å². The van der Waals surface area contributed by atoms with Crippen LogP contribution in [0.3, 0.4) is 0 Å². The second kappa shape index (κ2) is 8.25. The van der Waals surface area contributed by atoms with E-state index in [-0.39, 0.29) is 0 Å². The van der Waals surface area contributed by atoms with Crippen molar-refractivity contribution in [1.29, 1.82) is 0 Å². The fourth-order valence-corrected chi connectivity index (χ4v) is 2.29. The average Bonchev–Trinajstić information content (AvgIpc) is 2.42. The quantitative estimate of drug-likeness (QED) is 0.539. The van der Waals surface area contributed by atoms with Crippen molar-refractivity contribution in [3.8, 4) is 17.2 Å². The molecule has 0 amide bonds. The maximum absolute atomic E-state index is 5.42. The lowest BCUT2D eigenvalue weighted by molar-refractivity contribution is 0.368. The van der Waals surface area contributed by atoms with Gasteiger partial charge in [-0.1, -0.05) is 22.4 Å². The smallest absolute Gasteiger partial charge is 0.129 e. The molecule has 0 aliphatic heterocycles. The van der Waals surface area contributed by atoms with E-state index >= 15 is 0 Å². The highest BCUT2D eigenvalue weighted by Crippen LogP contribution is 2.35. The van der Waals surface area contributed by atoms with Gasteiger partial charge < -0.3 is 14.2 Å². The Morgan fingerprint density at radius 3 is 1.94 bits per heavy atom.